The molecule has 4 nitrogen and oxygen atoms in total. The van der Waals surface area contributed by atoms with Crippen LogP contribution in [0.15, 0.2) is 89.8 Å². The van der Waals surface area contributed by atoms with Crippen molar-refractivity contribution in [3.8, 4) is 5.75 Å². The number of carbonyl (C=O) groups excluding carboxylic acids is 2. The lowest BCUT2D eigenvalue weighted by Crippen LogP contribution is -2.27. The smallest absolute Gasteiger partial charge is 0.293 e. The van der Waals surface area contributed by atoms with Gasteiger partial charge in [-0.05, 0) is 103 Å². The van der Waals surface area contributed by atoms with E-state index in [4.69, 9.17) is 4.74 Å². The minimum absolute atomic E-state index is 0.249. The second-order valence-electron chi connectivity index (χ2n) is 7.99. The highest BCUT2D eigenvalue weighted by molar-refractivity contribution is 14.1. The fraction of sp³-hybridized carbons (Fsp3) is 0.0714. The first kappa shape index (κ1) is 24.3. The van der Waals surface area contributed by atoms with E-state index in [2.05, 4.69) is 45.2 Å². The van der Waals surface area contributed by atoms with Gasteiger partial charge in [-0.2, -0.15) is 0 Å². The summed E-state index contributed by atoms with van der Waals surface area (Å²) >= 11 is 5.49. The quantitative estimate of drug-likeness (QED) is 0.152. The summed E-state index contributed by atoms with van der Waals surface area (Å²) in [5.41, 5.74) is 2.92. The standard InChI is InChI=1S/C28H19I2NO3S/c29-23-13-19(14-24(30)26(23)34-17-18-7-2-1-3-8-18)15-25-27(32)31(28(33)35-25)16-21-11-6-10-20-9-4-5-12-22(20)21/h1-15H,16-17H2/b25-15+. The van der Waals surface area contributed by atoms with Crippen LogP contribution in [0.1, 0.15) is 16.7 Å². The predicted molar refractivity (Wildman–Crippen MR) is 158 cm³/mol. The Morgan fingerprint density at radius 3 is 2.31 bits per heavy atom. The number of thioether (sulfide) groups is 1. The van der Waals surface area contributed by atoms with Gasteiger partial charge in [0.25, 0.3) is 11.1 Å². The molecule has 0 spiro atoms. The molecule has 0 saturated carbocycles. The Balaban J connectivity index is 1.35. The van der Waals surface area contributed by atoms with E-state index in [1.54, 1.807) is 6.08 Å². The number of imide groups is 1. The lowest BCUT2D eigenvalue weighted by Gasteiger charge is -2.14. The molecular weight excluding hydrogens is 684 g/mol. The maximum atomic E-state index is 13.1. The lowest BCUT2D eigenvalue weighted by atomic mass is 10.0. The largest absolute Gasteiger partial charge is 0.487 e. The first-order chi connectivity index (χ1) is 17.0. The number of fused-ring (bicyclic) bond motifs is 1. The first-order valence-electron chi connectivity index (χ1n) is 10.9. The molecule has 0 aliphatic carbocycles. The molecule has 4 aromatic rings. The average Bonchev–Trinajstić information content (AvgIpc) is 3.11. The van der Waals surface area contributed by atoms with E-state index < -0.39 is 0 Å². The Labute approximate surface area is 235 Å². The molecule has 0 N–H and O–H groups in total. The number of hydrogen-bond donors (Lipinski definition) is 0. The lowest BCUT2D eigenvalue weighted by molar-refractivity contribution is -0.123. The topological polar surface area (TPSA) is 46.6 Å². The van der Waals surface area contributed by atoms with Crippen LogP contribution in [-0.4, -0.2) is 16.0 Å². The van der Waals surface area contributed by atoms with Crippen molar-refractivity contribution in [3.05, 3.63) is 114 Å². The molecule has 0 unspecified atom stereocenters. The number of nitrogens with zero attached hydrogens (tertiary/aromatic N) is 1. The van der Waals surface area contributed by atoms with Gasteiger partial charge >= 0.3 is 0 Å². The first-order valence-corrected chi connectivity index (χ1v) is 13.8. The molecular formula is C28H19I2NO3S. The fourth-order valence-electron chi connectivity index (χ4n) is 3.92. The molecule has 1 fully saturated rings. The Bertz CT molecular complexity index is 1440. The molecule has 1 aliphatic heterocycles. The molecule has 1 saturated heterocycles. The third-order valence-corrected chi connectivity index (χ3v) is 8.14. The van der Waals surface area contributed by atoms with Crippen LogP contribution < -0.4 is 4.74 Å². The van der Waals surface area contributed by atoms with Crippen molar-refractivity contribution in [3.63, 3.8) is 0 Å². The van der Waals surface area contributed by atoms with Crippen LogP contribution in [0.25, 0.3) is 16.8 Å². The molecule has 1 heterocycles. The zero-order valence-corrected chi connectivity index (χ0v) is 23.5. The number of rotatable bonds is 6. The second-order valence-corrected chi connectivity index (χ2v) is 11.3. The van der Waals surface area contributed by atoms with Crippen LogP contribution in [0.3, 0.4) is 0 Å². The summed E-state index contributed by atoms with van der Waals surface area (Å²) < 4.78 is 7.97. The molecule has 35 heavy (non-hydrogen) atoms. The third kappa shape index (κ3) is 5.41. The van der Waals surface area contributed by atoms with Gasteiger partial charge in [-0.25, -0.2) is 0 Å². The summed E-state index contributed by atoms with van der Waals surface area (Å²) in [6.45, 7) is 0.740. The molecule has 174 valence electrons. The molecule has 4 aromatic carbocycles. The van der Waals surface area contributed by atoms with Gasteiger partial charge in [0.1, 0.15) is 12.4 Å². The maximum absolute atomic E-state index is 13.1. The molecule has 0 radical (unpaired) electrons. The SMILES string of the molecule is O=C1S/C(=C/c2cc(I)c(OCc3ccccc3)c(I)c2)C(=O)N1Cc1cccc2ccccc12. The van der Waals surface area contributed by atoms with E-state index in [1.807, 2.05) is 84.9 Å². The van der Waals surface area contributed by atoms with Crippen molar-refractivity contribution in [2.24, 2.45) is 0 Å². The fourth-order valence-corrected chi connectivity index (χ4v) is 6.88. The highest BCUT2D eigenvalue weighted by atomic mass is 127. The predicted octanol–water partition coefficient (Wildman–Crippen LogP) is 7.86. The number of amides is 2. The summed E-state index contributed by atoms with van der Waals surface area (Å²) in [5, 5.41) is 1.89. The highest BCUT2D eigenvalue weighted by Crippen LogP contribution is 2.36. The maximum Gasteiger partial charge on any atom is 0.293 e. The number of hydrogen-bond acceptors (Lipinski definition) is 4. The summed E-state index contributed by atoms with van der Waals surface area (Å²) in [6, 6.07) is 27.9. The van der Waals surface area contributed by atoms with Crippen LogP contribution >= 0.6 is 56.9 Å². The van der Waals surface area contributed by atoms with Gasteiger partial charge in [0.05, 0.1) is 18.6 Å². The summed E-state index contributed by atoms with van der Waals surface area (Å²) in [7, 11) is 0. The van der Waals surface area contributed by atoms with Gasteiger partial charge in [0.2, 0.25) is 0 Å². The molecule has 1 aliphatic rings. The van der Waals surface area contributed by atoms with Gasteiger partial charge < -0.3 is 4.74 Å². The molecule has 0 bridgehead atoms. The Kier molecular flexibility index (Phi) is 7.45. The number of halogens is 2. The minimum atomic E-state index is -0.262. The van der Waals surface area contributed by atoms with E-state index in [0.717, 1.165) is 52.1 Å². The average molecular weight is 703 g/mol. The third-order valence-electron chi connectivity index (χ3n) is 5.63. The second kappa shape index (κ2) is 10.7. The van der Waals surface area contributed by atoms with Crippen molar-refractivity contribution < 1.29 is 14.3 Å². The normalized spacial score (nSPS) is 14.8. The van der Waals surface area contributed by atoms with Gasteiger partial charge in [-0.1, -0.05) is 72.8 Å². The van der Waals surface area contributed by atoms with Crippen LogP contribution in [0.2, 0.25) is 0 Å². The van der Waals surface area contributed by atoms with Crippen molar-refractivity contribution >= 4 is 84.9 Å². The van der Waals surface area contributed by atoms with Crippen LogP contribution in [-0.2, 0) is 17.9 Å². The number of carbonyl (C=O) groups is 2. The van der Waals surface area contributed by atoms with Gasteiger partial charge in [-0.3, -0.25) is 14.5 Å². The molecule has 5 rings (SSSR count). The van der Waals surface area contributed by atoms with Crippen LogP contribution in [0.4, 0.5) is 4.79 Å². The van der Waals surface area contributed by atoms with E-state index in [9.17, 15) is 9.59 Å². The minimum Gasteiger partial charge on any atom is -0.487 e. The molecule has 0 atom stereocenters. The van der Waals surface area contributed by atoms with Gasteiger partial charge in [-0.15, -0.1) is 0 Å². The summed E-state index contributed by atoms with van der Waals surface area (Å²) in [5.74, 6) is 0.554. The van der Waals surface area contributed by atoms with Crippen LogP contribution in [0, 0.1) is 7.14 Å². The molecule has 2 amide bonds. The van der Waals surface area contributed by atoms with E-state index in [-0.39, 0.29) is 17.7 Å². The number of ether oxygens (including phenoxy) is 1. The van der Waals surface area contributed by atoms with Crippen molar-refractivity contribution in [1.82, 2.24) is 4.90 Å². The van der Waals surface area contributed by atoms with Crippen molar-refractivity contribution in [1.29, 1.82) is 0 Å². The van der Waals surface area contributed by atoms with E-state index in [0.29, 0.717) is 11.5 Å². The van der Waals surface area contributed by atoms with E-state index >= 15 is 0 Å². The van der Waals surface area contributed by atoms with Gasteiger partial charge in [0, 0.05) is 0 Å². The van der Waals surface area contributed by atoms with Gasteiger partial charge in [0.15, 0.2) is 0 Å². The van der Waals surface area contributed by atoms with Crippen molar-refractivity contribution in [2.45, 2.75) is 13.2 Å². The van der Waals surface area contributed by atoms with Crippen molar-refractivity contribution in [2.75, 3.05) is 0 Å². The molecule has 7 heteroatoms. The number of benzene rings is 4. The Morgan fingerprint density at radius 2 is 1.54 bits per heavy atom. The summed E-state index contributed by atoms with van der Waals surface area (Å²) in [6.07, 6.45) is 1.79. The monoisotopic (exact) mass is 703 g/mol. The summed E-state index contributed by atoms with van der Waals surface area (Å²) in [4.78, 5) is 27.6. The van der Waals surface area contributed by atoms with Crippen LogP contribution in [0.5, 0.6) is 5.75 Å². The highest BCUT2D eigenvalue weighted by Gasteiger charge is 2.35. The molecule has 0 aromatic heterocycles. The van der Waals surface area contributed by atoms with E-state index in [1.165, 1.54) is 4.90 Å². The zero-order valence-electron chi connectivity index (χ0n) is 18.4. The Hall–Kier alpha value is -2.37. The Morgan fingerprint density at radius 1 is 0.857 bits per heavy atom. The zero-order chi connectivity index (χ0) is 24.4.